The van der Waals surface area contributed by atoms with Crippen molar-refractivity contribution in [3.8, 4) is 5.69 Å². The quantitative estimate of drug-likeness (QED) is 0.547. The number of amides is 2. The van der Waals surface area contributed by atoms with Gasteiger partial charge in [-0.3, -0.25) is 18.8 Å². The van der Waals surface area contributed by atoms with Crippen LogP contribution >= 0.6 is 23.2 Å². The molecule has 1 aromatic heterocycles. The largest absolute Gasteiger partial charge is 0.477 e. The van der Waals surface area contributed by atoms with Crippen LogP contribution in [0.1, 0.15) is 15.9 Å². The Kier molecular flexibility index (Phi) is 6.15. The first kappa shape index (κ1) is 23.5. The second-order valence-electron chi connectivity index (χ2n) is 7.25. The Morgan fingerprint density at radius 3 is 2.38 bits per heavy atom. The van der Waals surface area contributed by atoms with Crippen LogP contribution in [0.3, 0.4) is 0 Å². The standard InChI is InChI=1S/C21H14Cl2F2N4O5/c22-13-3-1-2-10(16(13)23)8-29-18(30)12(19(31)32)9-28(21(29)34)11-6-14(24)17(15(25)7-11)27-5-4-26-20(27)33/h1-3,6-7,9H,4-5,8H2,(H,26,33)(H,31,32). The number of halogens is 4. The summed E-state index contributed by atoms with van der Waals surface area (Å²) < 4.78 is 30.9. The molecule has 1 fully saturated rings. The van der Waals surface area contributed by atoms with E-state index in [1.54, 1.807) is 0 Å². The van der Waals surface area contributed by atoms with Gasteiger partial charge in [0.15, 0.2) is 11.6 Å². The number of hydrogen-bond acceptors (Lipinski definition) is 4. The van der Waals surface area contributed by atoms with Crippen LogP contribution in [0.25, 0.3) is 5.69 Å². The molecule has 0 atom stereocenters. The summed E-state index contributed by atoms with van der Waals surface area (Å²) in [7, 11) is 0. The van der Waals surface area contributed by atoms with Gasteiger partial charge < -0.3 is 10.4 Å². The molecule has 2 heterocycles. The van der Waals surface area contributed by atoms with Crippen molar-refractivity contribution >= 4 is 40.9 Å². The number of carboxylic acids is 1. The highest BCUT2D eigenvalue weighted by atomic mass is 35.5. The van der Waals surface area contributed by atoms with E-state index in [-0.39, 0.29) is 28.7 Å². The summed E-state index contributed by atoms with van der Waals surface area (Å²) in [4.78, 5) is 50.2. The molecule has 0 unspecified atom stereocenters. The van der Waals surface area contributed by atoms with Gasteiger partial charge >= 0.3 is 17.7 Å². The van der Waals surface area contributed by atoms with Gasteiger partial charge in [0.05, 0.1) is 22.3 Å². The van der Waals surface area contributed by atoms with Gasteiger partial charge in [0.2, 0.25) is 0 Å². The minimum atomic E-state index is -1.66. The normalized spacial score (nSPS) is 13.3. The van der Waals surface area contributed by atoms with Gasteiger partial charge in [-0.2, -0.15) is 0 Å². The lowest BCUT2D eigenvalue weighted by Crippen LogP contribution is -2.42. The number of anilines is 1. The number of carboxylic acid groups (broad SMARTS) is 1. The molecular weight excluding hydrogens is 497 g/mol. The van der Waals surface area contributed by atoms with Gasteiger partial charge in [0.1, 0.15) is 11.3 Å². The van der Waals surface area contributed by atoms with Crippen molar-refractivity contribution < 1.29 is 23.5 Å². The van der Waals surface area contributed by atoms with E-state index in [2.05, 4.69) is 5.32 Å². The Balaban J connectivity index is 1.90. The summed E-state index contributed by atoms with van der Waals surface area (Å²) in [5.41, 5.74) is -3.80. The van der Waals surface area contributed by atoms with Crippen LogP contribution in [0, 0.1) is 11.6 Å². The zero-order valence-electron chi connectivity index (χ0n) is 17.0. The first-order chi connectivity index (χ1) is 16.1. The predicted octanol–water partition coefficient (Wildman–Crippen LogP) is 2.86. The first-order valence-electron chi connectivity index (χ1n) is 9.67. The molecule has 3 aromatic rings. The molecule has 2 amide bonds. The molecule has 1 aliphatic heterocycles. The molecule has 9 nitrogen and oxygen atoms in total. The predicted molar refractivity (Wildman–Crippen MR) is 119 cm³/mol. The van der Waals surface area contributed by atoms with E-state index in [4.69, 9.17) is 23.2 Å². The fraction of sp³-hybridized carbons (Fsp3) is 0.143. The minimum absolute atomic E-state index is 0.0282. The summed E-state index contributed by atoms with van der Waals surface area (Å²) in [6.45, 7) is -0.229. The Bertz CT molecular complexity index is 1450. The molecule has 2 aromatic carbocycles. The van der Waals surface area contributed by atoms with Crippen LogP contribution in [0.2, 0.25) is 10.0 Å². The molecule has 176 valence electrons. The summed E-state index contributed by atoms with van der Waals surface area (Å²) in [5.74, 6) is -3.98. The first-order valence-corrected chi connectivity index (χ1v) is 10.4. The molecule has 2 N–H and O–H groups in total. The average molecular weight is 511 g/mol. The van der Waals surface area contributed by atoms with Crippen LogP contribution in [-0.4, -0.2) is 39.3 Å². The molecule has 0 saturated carbocycles. The van der Waals surface area contributed by atoms with Gasteiger partial charge in [-0.05, 0) is 11.6 Å². The number of benzene rings is 2. The molecule has 0 bridgehead atoms. The fourth-order valence-corrected chi connectivity index (χ4v) is 3.93. The minimum Gasteiger partial charge on any atom is -0.477 e. The third kappa shape index (κ3) is 4.03. The smallest absolute Gasteiger partial charge is 0.342 e. The number of aromatic carboxylic acids is 1. The van der Waals surface area contributed by atoms with Crippen molar-refractivity contribution in [2.24, 2.45) is 0 Å². The van der Waals surface area contributed by atoms with Crippen LogP contribution in [0.4, 0.5) is 19.3 Å². The van der Waals surface area contributed by atoms with Crippen molar-refractivity contribution in [3.63, 3.8) is 0 Å². The molecule has 4 rings (SSSR count). The number of carbonyl (C=O) groups excluding carboxylic acids is 1. The lowest BCUT2D eigenvalue weighted by molar-refractivity contribution is 0.0693. The van der Waals surface area contributed by atoms with Crippen LogP contribution in [0.15, 0.2) is 46.1 Å². The van der Waals surface area contributed by atoms with Crippen molar-refractivity contribution in [1.82, 2.24) is 14.5 Å². The monoisotopic (exact) mass is 510 g/mol. The lowest BCUT2D eigenvalue weighted by atomic mass is 10.2. The van der Waals surface area contributed by atoms with E-state index >= 15 is 0 Å². The second-order valence-corrected chi connectivity index (χ2v) is 8.03. The zero-order valence-corrected chi connectivity index (χ0v) is 18.5. The van der Waals surface area contributed by atoms with E-state index < -0.39 is 58.4 Å². The molecule has 34 heavy (non-hydrogen) atoms. The van der Waals surface area contributed by atoms with E-state index in [0.717, 1.165) is 17.0 Å². The van der Waals surface area contributed by atoms with Gasteiger partial charge in [-0.25, -0.2) is 23.2 Å². The highest BCUT2D eigenvalue weighted by molar-refractivity contribution is 6.42. The summed E-state index contributed by atoms with van der Waals surface area (Å²) in [5, 5.41) is 12.1. The Hall–Kier alpha value is -3.70. The van der Waals surface area contributed by atoms with Crippen LogP contribution in [0.5, 0.6) is 0 Å². The Labute approximate surface area is 199 Å². The lowest BCUT2D eigenvalue weighted by Gasteiger charge is -2.18. The Morgan fingerprint density at radius 1 is 1.12 bits per heavy atom. The number of urea groups is 1. The fourth-order valence-electron chi connectivity index (χ4n) is 3.55. The van der Waals surface area contributed by atoms with E-state index in [0.29, 0.717) is 15.3 Å². The topological polar surface area (TPSA) is 114 Å². The maximum atomic E-state index is 14.8. The molecule has 0 radical (unpaired) electrons. The Morgan fingerprint density at radius 2 is 1.79 bits per heavy atom. The van der Waals surface area contributed by atoms with Crippen LogP contribution in [-0.2, 0) is 6.54 Å². The summed E-state index contributed by atoms with van der Waals surface area (Å²) in [6, 6.07) is 5.31. The zero-order chi connectivity index (χ0) is 24.7. The summed E-state index contributed by atoms with van der Waals surface area (Å²) >= 11 is 12.1. The molecule has 1 saturated heterocycles. The number of aromatic nitrogens is 2. The number of rotatable bonds is 5. The summed E-state index contributed by atoms with van der Waals surface area (Å²) in [6.07, 6.45) is 0.680. The molecule has 13 heteroatoms. The van der Waals surface area contributed by atoms with Crippen LogP contribution < -0.4 is 21.5 Å². The highest BCUT2D eigenvalue weighted by Crippen LogP contribution is 2.28. The number of carbonyl (C=O) groups is 2. The maximum absolute atomic E-state index is 14.8. The van der Waals surface area contributed by atoms with E-state index in [1.165, 1.54) is 18.2 Å². The maximum Gasteiger partial charge on any atom is 0.342 e. The molecule has 0 spiro atoms. The SMILES string of the molecule is O=C(O)c1cn(-c2cc(F)c(N3CCNC3=O)c(F)c2)c(=O)n(Cc2cccc(Cl)c2Cl)c1=O. The molecule has 1 aliphatic rings. The number of nitrogens with zero attached hydrogens (tertiary/aromatic N) is 3. The van der Waals surface area contributed by atoms with Crippen molar-refractivity contribution in [2.75, 3.05) is 18.0 Å². The third-order valence-electron chi connectivity index (χ3n) is 5.17. The highest BCUT2D eigenvalue weighted by Gasteiger charge is 2.28. The van der Waals surface area contributed by atoms with Gasteiger partial charge in [0.25, 0.3) is 5.56 Å². The van der Waals surface area contributed by atoms with Crippen molar-refractivity contribution in [1.29, 1.82) is 0 Å². The third-order valence-corrected chi connectivity index (χ3v) is 6.03. The van der Waals surface area contributed by atoms with E-state index in [9.17, 15) is 33.1 Å². The average Bonchev–Trinajstić information content (AvgIpc) is 3.18. The second kappa shape index (κ2) is 8.92. The molecular formula is C21H14Cl2F2N4O5. The van der Waals surface area contributed by atoms with Crippen molar-refractivity contribution in [2.45, 2.75) is 6.54 Å². The van der Waals surface area contributed by atoms with E-state index in [1.807, 2.05) is 0 Å². The van der Waals surface area contributed by atoms with Gasteiger partial charge in [-0.15, -0.1) is 0 Å². The molecule has 0 aliphatic carbocycles. The van der Waals surface area contributed by atoms with Gasteiger partial charge in [-0.1, -0.05) is 35.3 Å². The number of nitrogens with one attached hydrogen (secondary N) is 1. The van der Waals surface area contributed by atoms with Gasteiger partial charge in [0, 0.05) is 31.4 Å². The number of hydrogen-bond donors (Lipinski definition) is 2. The van der Waals surface area contributed by atoms with Crippen molar-refractivity contribution in [3.05, 3.63) is 90.2 Å².